The number of nitrogens with zero attached hydrogens (tertiary/aromatic N) is 2. The van der Waals surface area contributed by atoms with Crippen LogP contribution in [0, 0.1) is 11.3 Å². The van der Waals surface area contributed by atoms with E-state index in [-0.39, 0.29) is 0 Å². The Morgan fingerprint density at radius 3 is 2.25 bits per heavy atom. The molecule has 0 bridgehead atoms. The molecule has 0 fully saturated rings. The van der Waals surface area contributed by atoms with Gasteiger partial charge in [0.05, 0.1) is 18.7 Å². The summed E-state index contributed by atoms with van der Waals surface area (Å²) < 4.78 is 37.0. The third kappa shape index (κ3) is 6.67. The molecule has 94 valence electrons. The van der Waals surface area contributed by atoms with E-state index in [1.54, 1.807) is 0 Å². The third-order valence-electron chi connectivity index (χ3n) is 2.33. The SMILES string of the molecule is CCCCN(CC(F)(F)F)C(C#N)CCC. The predicted octanol–water partition coefficient (Wildman–Crippen LogP) is 3.34. The Bertz CT molecular complexity index is 220. The first-order valence-corrected chi connectivity index (χ1v) is 5.65. The molecule has 0 rings (SSSR count). The van der Waals surface area contributed by atoms with Crippen LogP contribution in [0.15, 0.2) is 0 Å². The fourth-order valence-corrected chi connectivity index (χ4v) is 1.54. The molecule has 0 aromatic carbocycles. The zero-order chi connectivity index (χ0) is 12.6. The normalized spacial score (nSPS) is 13.8. The van der Waals surface area contributed by atoms with E-state index in [0.29, 0.717) is 19.4 Å². The van der Waals surface area contributed by atoms with Crippen LogP contribution in [0.2, 0.25) is 0 Å². The van der Waals surface area contributed by atoms with Gasteiger partial charge in [0, 0.05) is 0 Å². The monoisotopic (exact) mass is 236 g/mol. The first-order valence-electron chi connectivity index (χ1n) is 5.65. The zero-order valence-electron chi connectivity index (χ0n) is 9.85. The van der Waals surface area contributed by atoms with E-state index >= 15 is 0 Å². The quantitative estimate of drug-likeness (QED) is 0.677. The van der Waals surface area contributed by atoms with Gasteiger partial charge in [-0.15, -0.1) is 0 Å². The molecule has 0 aromatic heterocycles. The van der Waals surface area contributed by atoms with Crippen LogP contribution in [-0.2, 0) is 0 Å². The molecule has 0 N–H and O–H groups in total. The fraction of sp³-hybridized carbons (Fsp3) is 0.909. The Morgan fingerprint density at radius 2 is 1.88 bits per heavy atom. The summed E-state index contributed by atoms with van der Waals surface area (Å²) in [5, 5.41) is 8.86. The average molecular weight is 236 g/mol. The highest BCUT2D eigenvalue weighted by molar-refractivity contribution is 4.92. The highest BCUT2D eigenvalue weighted by atomic mass is 19.4. The Hall–Kier alpha value is -0.760. The number of hydrogen-bond acceptors (Lipinski definition) is 2. The number of halogens is 3. The minimum atomic E-state index is -4.23. The number of rotatable bonds is 7. The van der Waals surface area contributed by atoms with Crippen molar-refractivity contribution >= 4 is 0 Å². The lowest BCUT2D eigenvalue weighted by Crippen LogP contribution is -2.41. The maximum Gasteiger partial charge on any atom is 0.401 e. The lowest BCUT2D eigenvalue weighted by molar-refractivity contribution is -0.149. The highest BCUT2D eigenvalue weighted by Gasteiger charge is 2.33. The Labute approximate surface area is 95.0 Å². The summed E-state index contributed by atoms with van der Waals surface area (Å²) in [5.41, 5.74) is 0. The van der Waals surface area contributed by atoms with Crippen LogP contribution in [0.3, 0.4) is 0 Å². The minimum Gasteiger partial charge on any atom is -0.279 e. The molecule has 0 saturated heterocycles. The van der Waals surface area contributed by atoms with Gasteiger partial charge in [-0.3, -0.25) is 4.90 Å². The molecule has 1 atom stereocenters. The molecular weight excluding hydrogens is 217 g/mol. The molecule has 0 aromatic rings. The molecule has 1 unspecified atom stereocenters. The van der Waals surface area contributed by atoms with Crippen LogP contribution >= 0.6 is 0 Å². The molecule has 0 heterocycles. The van der Waals surface area contributed by atoms with E-state index in [0.717, 1.165) is 12.8 Å². The lowest BCUT2D eigenvalue weighted by atomic mass is 10.1. The highest BCUT2D eigenvalue weighted by Crippen LogP contribution is 2.19. The van der Waals surface area contributed by atoms with Crippen LogP contribution in [0.25, 0.3) is 0 Å². The standard InChI is InChI=1S/C11H19F3N2/c1-3-5-7-16(9-11(12,13)14)10(8-15)6-4-2/h10H,3-7,9H2,1-2H3. The van der Waals surface area contributed by atoms with Gasteiger partial charge in [-0.2, -0.15) is 18.4 Å². The van der Waals surface area contributed by atoms with Gasteiger partial charge in [0.1, 0.15) is 0 Å². The van der Waals surface area contributed by atoms with Gasteiger partial charge < -0.3 is 0 Å². The van der Waals surface area contributed by atoms with Crippen LogP contribution in [0.5, 0.6) is 0 Å². The maximum absolute atomic E-state index is 12.3. The van der Waals surface area contributed by atoms with E-state index < -0.39 is 18.8 Å². The molecule has 0 aliphatic rings. The number of alkyl halides is 3. The zero-order valence-corrected chi connectivity index (χ0v) is 9.85. The average Bonchev–Trinajstić information content (AvgIpc) is 2.19. The van der Waals surface area contributed by atoms with Crippen molar-refractivity contribution < 1.29 is 13.2 Å². The summed E-state index contributed by atoms with van der Waals surface area (Å²) in [5.74, 6) is 0. The topological polar surface area (TPSA) is 27.0 Å². The van der Waals surface area contributed by atoms with Crippen molar-refractivity contribution in [2.24, 2.45) is 0 Å². The van der Waals surface area contributed by atoms with Gasteiger partial charge in [0.25, 0.3) is 0 Å². The van der Waals surface area contributed by atoms with Crippen molar-refractivity contribution in [3.8, 4) is 6.07 Å². The first-order chi connectivity index (χ1) is 7.44. The van der Waals surface area contributed by atoms with E-state index in [1.807, 2.05) is 19.9 Å². The van der Waals surface area contributed by atoms with E-state index in [9.17, 15) is 13.2 Å². The summed E-state index contributed by atoms with van der Waals surface area (Å²) in [7, 11) is 0. The minimum absolute atomic E-state index is 0.342. The largest absolute Gasteiger partial charge is 0.401 e. The second kappa shape index (κ2) is 7.50. The Balaban J connectivity index is 4.44. The molecule has 16 heavy (non-hydrogen) atoms. The molecule has 0 aliphatic carbocycles. The van der Waals surface area contributed by atoms with Crippen LogP contribution in [-0.4, -0.2) is 30.2 Å². The van der Waals surface area contributed by atoms with E-state index in [1.165, 1.54) is 4.90 Å². The fourth-order valence-electron chi connectivity index (χ4n) is 1.54. The van der Waals surface area contributed by atoms with Crippen LogP contribution in [0.1, 0.15) is 39.5 Å². The van der Waals surface area contributed by atoms with Gasteiger partial charge in [-0.05, 0) is 19.4 Å². The van der Waals surface area contributed by atoms with Gasteiger partial charge in [-0.25, -0.2) is 0 Å². The molecule has 2 nitrogen and oxygen atoms in total. The molecule has 0 radical (unpaired) electrons. The summed E-state index contributed by atoms with van der Waals surface area (Å²) in [6.07, 6.45) is -1.48. The summed E-state index contributed by atoms with van der Waals surface area (Å²) >= 11 is 0. The Morgan fingerprint density at radius 1 is 1.25 bits per heavy atom. The van der Waals surface area contributed by atoms with Gasteiger partial charge >= 0.3 is 6.18 Å². The number of unbranched alkanes of at least 4 members (excludes halogenated alkanes) is 1. The second-order valence-corrected chi connectivity index (χ2v) is 3.87. The van der Waals surface area contributed by atoms with Crippen molar-refractivity contribution in [3.63, 3.8) is 0 Å². The van der Waals surface area contributed by atoms with Gasteiger partial charge in [0.2, 0.25) is 0 Å². The smallest absolute Gasteiger partial charge is 0.279 e. The van der Waals surface area contributed by atoms with E-state index in [2.05, 4.69) is 0 Å². The van der Waals surface area contributed by atoms with Gasteiger partial charge in [-0.1, -0.05) is 26.7 Å². The van der Waals surface area contributed by atoms with Crippen molar-refractivity contribution in [1.82, 2.24) is 4.90 Å². The maximum atomic E-state index is 12.3. The van der Waals surface area contributed by atoms with E-state index in [4.69, 9.17) is 5.26 Å². The second-order valence-electron chi connectivity index (χ2n) is 3.87. The third-order valence-corrected chi connectivity index (χ3v) is 2.33. The lowest BCUT2D eigenvalue weighted by Gasteiger charge is -2.27. The molecule has 0 saturated carbocycles. The molecule has 0 spiro atoms. The predicted molar refractivity (Wildman–Crippen MR) is 56.8 cm³/mol. The molecule has 5 heteroatoms. The molecule has 0 amide bonds. The summed E-state index contributed by atoms with van der Waals surface area (Å²) in [6.45, 7) is 3.16. The van der Waals surface area contributed by atoms with Crippen LogP contribution in [0.4, 0.5) is 13.2 Å². The van der Waals surface area contributed by atoms with Crippen molar-refractivity contribution in [3.05, 3.63) is 0 Å². The number of hydrogen-bond donors (Lipinski definition) is 0. The summed E-state index contributed by atoms with van der Waals surface area (Å²) in [4.78, 5) is 1.24. The molecule has 0 aliphatic heterocycles. The Kier molecular flexibility index (Phi) is 7.15. The van der Waals surface area contributed by atoms with Crippen molar-refractivity contribution in [2.45, 2.75) is 51.7 Å². The van der Waals surface area contributed by atoms with Crippen LogP contribution < -0.4 is 0 Å². The van der Waals surface area contributed by atoms with Gasteiger partial charge in [0.15, 0.2) is 0 Å². The molecular formula is C11H19F3N2. The van der Waals surface area contributed by atoms with Crippen molar-refractivity contribution in [1.29, 1.82) is 5.26 Å². The summed E-state index contributed by atoms with van der Waals surface area (Å²) in [6, 6.07) is 1.35. The number of nitriles is 1. The van der Waals surface area contributed by atoms with Crippen molar-refractivity contribution in [2.75, 3.05) is 13.1 Å². The first kappa shape index (κ1) is 15.2.